The third-order valence-electron chi connectivity index (χ3n) is 4.75. The molecule has 0 spiro atoms. The number of benzene rings is 1. The number of aryl methyl sites for hydroxylation is 1. The fraction of sp³-hybridized carbons (Fsp3) is 0.526. The van der Waals surface area contributed by atoms with E-state index in [0.717, 1.165) is 47.3 Å². The zero-order valence-electron chi connectivity index (χ0n) is 15.1. The summed E-state index contributed by atoms with van der Waals surface area (Å²) in [5, 5.41) is 7.57. The van der Waals surface area contributed by atoms with Gasteiger partial charge in [0.05, 0.1) is 25.5 Å². The summed E-state index contributed by atoms with van der Waals surface area (Å²) in [5.74, 6) is 3.59. The second kappa shape index (κ2) is 7.55. The first kappa shape index (κ1) is 17.2. The summed E-state index contributed by atoms with van der Waals surface area (Å²) in [6, 6.07) is 6.13. The Morgan fingerprint density at radius 1 is 1.19 bits per heavy atom. The molecule has 4 rings (SSSR count). The number of hydrogen-bond donors (Lipinski definition) is 1. The lowest BCUT2D eigenvalue weighted by molar-refractivity contribution is 0.173. The molecule has 140 valence electrons. The average molecular weight is 360 g/mol. The summed E-state index contributed by atoms with van der Waals surface area (Å²) in [6.45, 7) is 6.85. The first-order valence-electron chi connectivity index (χ1n) is 9.01. The summed E-state index contributed by atoms with van der Waals surface area (Å²) in [7, 11) is 0. The van der Waals surface area contributed by atoms with Gasteiger partial charge >= 0.3 is 0 Å². The largest absolute Gasteiger partial charge is 0.493 e. The monoisotopic (exact) mass is 360 g/mol. The van der Waals surface area contributed by atoms with Crippen LogP contribution < -0.4 is 19.5 Å². The highest BCUT2D eigenvalue weighted by molar-refractivity contribution is 5.51. The minimum Gasteiger partial charge on any atom is -0.493 e. The zero-order chi connectivity index (χ0) is 17.9. The highest BCUT2D eigenvalue weighted by Crippen LogP contribution is 2.38. The summed E-state index contributed by atoms with van der Waals surface area (Å²) in [5.41, 5.74) is 1.96. The number of nitrogens with one attached hydrogen (secondary N) is 1. The molecular formula is C19H24N2O5. The lowest BCUT2D eigenvalue weighted by atomic mass is 9.98. The molecule has 7 nitrogen and oxygen atoms in total. The van der Waals surface area contributed by atoms with Crippen molar-refractivity contribution in [3.63, 3.8) is 0 Å². The molecule has 26 heavy (non-hydrogen) atoms. The van der Waals surface area contributed by atoms with Crippen molar-refractivity contribution in [2.45, 2.75) is 32.9 Å². The van der Waals surface area contributed by atoms with E-state index in [9.17, 15) is 0 Å². The molecule has 0 bridgehead atoms. The van der Waals surface area contributed by atoms with Crippen molar-refractivity contribution in [1.29, 1.82) is 0 Å². The van der Waals surface area contributed by atoms with E-state index < -0.39 is 0 Å². The molecule has 2 aliphatic heterocycles. The molecule has 1 N–H and O–H groups in total. The van der Waals surface area contributed by atoms with Crippen molar-refractivity contribution >= 4 is 0 Å². The zero-order valence-corrected chi connectivity index (χ0v) is 15.1. The Kier molecular flexibility index (Phi) is 4.99. The average Bonchev–Trinajstić information content (AvgIpc) is 3.35. The van der Waals surface area contributed by atoms with Gasteiger partial charge in [0.15, 0.2) is 11.5 Å². The quantitative estimate of drug-likeness (QED) is 0.813. The van der Waals surface area contributed by atoms with Crippen molar-refractivity contribution in [2.24, 2.45) is 5.92 Å². The van der Waals surface area contributed by atoms with Crippen LogP contribution in [0.1, 0.15) is 23.9 Å². The third-order valence-corrected chi connectivity index (χ3v) is 4.75. The van der Waals surface area contributed by atoms with E-state index in [0.29, 0.717) is 25.7 Å². The van der Waals surface area contributed by atoms with Gasteiger partial charge in [-0.05, 0) is 19.9 Å². The Balaban J connectivity index is 1.42. The van der Waals surface area contributed by atoms with Crippen molar-refractivity contribution < 1.29 is 23.5 Å². The molecule has 0 amide bonds. The molecule has 2 atom stereocenters. The van der Waals surface area contributed by atoms with Crippen LogP contribution in [0.4, 0.5) is 0 Å². The van der Waals surface area contributed by atoms with Gasteiger partial charge in [-0.25, -0.2) is 0 Å². The highest BCUT2D eigenvalue weighted by Gasteiger charge is 2.29. The van der Waals surface area contributed by atoms with Crippen molar-refractivity contribution in [3.05, 3.63) is 35.2 Å². The Bertz CT molecular complexity index is 760. The number of aromatic nitrogens is 1. The van der Waals surface area contributed by atoms with Crippen LogP contribution in [-0.4, -0.2) is 37.8 Å². The van der Waals surface area contributed by atoms with E-state index >= 15 is 0 Å². The Hall–Kier alpha value is -2.25. The number of fused-ring (bicyclic) bond motifs is 1. The maximum atomic E-state index is 5.77. The van der Waals surface area contributed by atoms with E-state index in [1.807, 2.05) is 32.0 Å². The topological polar surface area (TPSA) is 75.0 Å². The van der Waals surface area contributed by atoms with Gasteiger partial charge in [0.2, 0.25) is 6.79 Å². The smallest absolute Gasteiger partial charge is 0.231 e. The Morgan fingerprint density at radius 2 is 2.04 bits per heavy atom. The maximum absolute atomic E-state index is 5.77. The summed E-state index contributed by atoms with van der Waals surface area (Å²) in [4.78, 5) is 0. The van der Waals surface area contributed by atoms with Gasteiger partial charge in [-0.2, -0.15) is 0 Å². The van der Waals surface area contributed by atoms with Gasteiger partial charge in [-0.3, -0.25) is 0 Å². The molecule has 1 saturated heterocycles. The second-order valence-electron chi connectivity index (χ2n) is 6.67. The molecule has 1 aromatic heterocycles. The number of hydrogen-bond acceptors (Lipinski definition) is 7. The van der Waals surface area contributed by atoms with Gasteiger partial charge in [0, 0.05) is 42.6 Å². The summed E-state index contributed by atoms with van der Waals surface area (Å²) < 4.78 is 27.8. The van der Waals surface area contributed by atoms with Crippen LogP contribution in [0.3, 0.4) is 0 Å². The minimum absolute atomic E-state index is 0.250. The lowest BCUT2D eigenvalue weighted by Gasteiger charge is -2.19. The third kappa shape index (κ3) is 3.64. The van der Waals surface area contributed by atoms with Crippen LogP contribution in [0.2, 0.25) is 0 Å². The highest BCUT2D eigenvalue weighted by atomic mass is 16.7. The summed E-state index contributed by atoms with van der Waals surface area (Å²) in [6.07, 6.45) is 0.817. The molecule has 0 radical (unpaired) electrons. The van der Waals surface area contributed by atoms with Crippen LogP contribution >= 0.6 is 0 Å². The van der Waals surface area contributed by atoms with E-state index in [1.54, 1.807) is 0 Å². The Labute approximate surface area is 152 Å². The SMILES string of the molecule is CCOc1cc2c(cc1CN[C@@H]1COC[C@H]1Cc1cc(C)no1)OCO2. The second-order valence-corrected chi connectivity index (χ2v) is 6.67. The fourth-order valence-electron chi connectivity index (χ4n) is 3.43. The number of rotatable bonds is 7. The van der Waals surface area contributed by atoms with Crippen LogP contribution in [0.5, 0.6) is 17.2 Å². The standard InChI is InChI=1S/C19H24N2O5/c1-3-23-17-7-19-18(24-11-25-19)6-13(17)8-20-16-10-22-9-14(16)5-15-4-12(2)21-26-15/h4,6-7,14,16,20H,3,5,8-11H2,1-2H3/t14-,16-/m1/s1. The summed E-state index contributed by atoms with van der Waals surface area (Å²) >= 11 is 0. The number of nitrogens with zero attached hydrogens (tertiary/aromatic N) is 1. The van der Waals surface area contributed by atoms with Gasteiger partial charge in [-0.1, -0.05) is 5.16 Å². The molecule has 2 aliphatic rings. The van der Waals surface area contributed by atoms with E-state index in [1.165, 1.54) is 0 Å². The van der Waals surface area contributed by atoms with E-state index in [4.69, 9.17) is 23.5 Å². The van der Waals surface area contributed by atoms with Gasteiger partial charge in [0.1, 0.15) is 11.5 Å². The molecule has 1 fully saturated rings. The van der Waals surface area contributed by atoms with Crippen LogP contribution in [-0.2, 0) is 17.7 Å². The van der Waals surface area contributed by atoms with Gasteiger partial charge in [-0.15, -0.1) is 0 Å². The molecular weight excluding hydrogens is 336 g/mol. The van der Waals surface area contributed by atoms with Gasteiger partial charge in [0.25, 0.3) is 0 Å². The predicted octanol–water partition coefficient (Wildman–Crippen LogP) is 2.46. The Morgan fingerprint density at radius 3 is 2.81 bits per heavy atom. The molecule has 0 saturated carbocycles. The van der Waals surface area contributed by atoms with Crippen molar-refractivity contribution in [1.82, 2.24) is 10.5 Å². The number of ether oxygens (including phenoxy) is 4. The van der Waals surface area contributed by atoms with Crippen molar-refractivity contribution in [2.75, 3.05) is 26.6 Å². The van der Waals surface area contributed by atoms with Crippen LogP contribution in [0.15, 0.2) is 22.7 Å². The molecule has 0 unspecified atom stereocenters. The maximum Gasteiger partial charge on any atom is 0.231 e. The molecule has 1 aromatic carbocycles. The van der Waals surface area contributed by atoms with Crippen LogP contribution in [0, 0.1) is 12.8 Å². The van der Waals surface area contributed by atoms with Gasteiger partial charge < -0.3 is 28.8 Å². The molecule has 7 heteroatoms. The van der Waals surface area contributed by atoms with Crippen LogP contribution in [0.25, 0.3) is 0 Å². The minimum atomic E-state index is 0.250. The van der Waals surface area contributed by atoms with Crippen molar-refractivity contribution in [3.8, 4) is 17.2 Å². The van der Waals surface area contributed by atoms with E-state index in [-0.39, 0.29) is 12.8 Å². The first-order valence-corrected chi connectivity index (χ1v) is 9.01. The predicted molar refractivity (Wildman–Crippen MR) is 93.6 cm³/mol. The lowest BCUT2D eigenvalue weighted by Crippen LogP contribution is -2.36. The molecule has 0 aliphatic carbocycles. The van der Waals surface area contributed by atoms with E-state index in [2.05, 4.69) is 10.5 Å². The molecule has 3 heterocycles. The normalized spacial score (nSPS) is 21.3. The fourth-order valence-corrected chi connectivity index (χ4v) is 3.43. The first-order chi connectivity index (χ1) is 12.7. The molecule has 2 aromatic rings.